The number of benzene rings is 3. The van der Waals surface area contributed by atoms with Gasteiger partial charge in [0.05, 0.1) is 18.9 Å². The third kappa shape index (κ3) is 6.17. The predicted molar refractivity (Wildman–Crippen MR) is 117 cm³/mol. The molecule has 0 fully saturated rings. The van der Waals surface area contributed by atoms with Gasteiger partial charge in [0.25, 0.3) is 5.91 Å². The van der Waals surface area contributed by atoms with Crippen molar-refractivity contribution in [3.63, 3.8) is 0 Å². The number of methoxy groups -OCH3 is 1. The Morgan fingerprint density at radius 2 is 1.68 bits per heavy atom. The Hall–Kier alpha value is -4.13. The molecule has 158 valence electrons. The summed E-state index contributed by atoms with van der Waals surface area (Å²) in [5.41, 5.74) is 4.43. The van der Waals surface area contributed by atoms with Crippen LogP contribution in [0.4, 0.5) is 0 Å². The van der Waals surface area contributed by atoms with E-state index in [0.717, 1.165) is 5.56 Å². The van der Waals surface area contributed by atoms with Crippen LogP contribution in [0.15, 0.2) is 77.9 Å². The Labute approximate surface area is 180 Å². The summed E-state index contributed by atoms with van der Waals surface area (Å²) in [6, 6.07) is 21.0. The zero-order valence-corrected chi connectivity index (χ0v) is 17.2. The minimum atomic E-state index is -0.485. The molecule has 3 rings (SSSR count). The maximum Gasteiger partial charge on any atom is 0.343 e. The number of ether oxygens (including phenoxy) is 3. The summed E-state index contributed by atoms with van der Waals surface area (Å²) in [4.78, 5) is 24.2. The number of hydrogen-bond donors (Lipinski definition) is 1. The number of carbonyl (C=O) groups excluding carboxylic acids is 2. The van der Waals surface area contributed by atoms with E-state index in [-0.39, 0.29) is 18.3 Å². The molecule has 0 radical (unpaired) electrons. The van der Waals surface area contributed by atoms with E-state index in [2.05, 4.69) is 10.5 Å². The van der Waals surface area contributed by atoms with Crippen LogP contribution in [0.3, 0.4) is 0 Å². The van der Waals surface area contributed by atoms with Crippen LogP contribution in [-0.2, 0) is 4.79 Å². The molecule has 0 heterocycles. The first-order valence-corrected chi connectivity index (χ1v) is 9.52. The second-order valence-electron chi connectivity index (χ2n) is 6.51. The van der Waals surface area contributed by atoms with Crippen molar-refractivity contribution in [1.82, 2.24) is 5.43 Å². The molecule has 7 nitrogen and oxygen atoms in total. The minimum Gasteiger partial charge on any atom is -0.493 e. The smallest absolute Gasteiger partial charge is 0.343 e. The first-order valence-electron chi connectivity index (χ1n) is 9.52. The lowest BCUT2D eigenvalue weighted by Crippen LogP contribution is -2.24. The second-order valence-corrected chi connectivity index (χ2v) is 6.51. The zero-order chi connectivity index (χ0) is 22.1. The molecule has 0 bridgehead atoms. The van der Waals surface area contributed by atoms with Crippen LogP contribution in [0.25, 0.3) is 0 Å². The first-order chi connectivity index (χ1) is 15.1. The summed E-state index contributed by atoms with van der Waals surface area (Å²) in [6.07, 6.45) is 1.46. The van der Waals surface area contributed by atoms with Gasteiger partial charge < -0.3 is 14.2 Å². The normalized spacial score (nSPS) is 10.5. The van der Waals surface area contributed by atoms with E-state index < -0.39 is 5.97 Å². The van der Waals surface area contributed by atoms with Crippen LogP contribution in [0.1, 0.15) is 21.5 Å². The first kappa shape index (κ1) is 21.6. The number of carbonyl (C=O) groups is 2. The van der Waals surface area contributed by atoms with Gasteiger partial charge in [0.2, 0.25) is 0 Å². The lowest BCUT2D eigenvalue weighted by Gasteiger charge is -2.10. The molecule has 0 unspecified atom stereocenters. The molecule has 0 saturated carbocycles. The van der Waals surface area contributed by atoms with E-state index in [1.54, 1.807) is 48.5 Å². The van der Waals surface area contributed by atoms with Crippen LogP contribution in [0.2, 0.25) is 0 Å². The molecule has 0 saturated heterocycles. The molecule has 0 aromatic heterocycles. The van der Waals surface area contributed by atoms with Gasteiger partial charge in [0.15, 0.2) is 18.1 Å². The fourth-order valence-corrected chi connectivity index (χ4v) is 2.65. The van der Waals surface area contributed by atoms with Crippen molar-refractivity contribution in [1.29, 1.82) is 0 Å². The average molecular weight is 418 g/mol. The van der Waals surface area contributed by atoms with Gasteiger partial charge in [-0.15, -0.1) is 0 Å². The molecule has 3 aromatic rings. The quantitative estimate of drug-likeness (QED) is 0.261. The number of hydrazone groups is 1. The largest absolute Gasteiger partial charge is 0.493 e. The number of aryl methyl sites for hydroxylation is 1. The highest BCUT2D eigenvalue weighted by Crippen LogP contribution is 2.28. The highest BCUT2D eigenvalue weighted by Gasteiger charge is 2.12. The molecule has 0 aliphatic heterocycles. The molecular formula is C24H22N2O5. The van der Waals surface area contributed by atoms with Crippen molar-refractivity contribution < 1.29 is 23.8 Å². The van der Waals surface area contributed by atoms with E-state index in [4.69, 9.17) is 14.2 Å². The van der Waals surface area contributed by atoms with E-state index in [1.165, 1.54) is 13.3 Å². The Morgan fingerprint density at radius 1 is 0.935 bits per heavy atom. The maximum atomic E-state index is 12.2. The monoisotopic (exact) mass is 418 g/mol. The second kappa shape index (κ2) is 10.6. The Morgan fingerprint density at radius 3 is 2.42 bits per heavy atom. The number of esters is 1. The molecule has 3 aromatic carbocycles. The van der Waals surface area contributed by atoms with Crippen molar-refractivity contribution in [2.75, 3.05) is 13.7 Å². The number of hydrogen-bond acceptors (Lipinski definition) is 6. The van der Waals surface area contributed by atoms with Gasteiger partial charge in [-0.05, 0) is 54.4 Å². The lowest BCUT2D eigenvalue weighted by molar-refractivity contribution is -0.123. The van der Waals surface area contributed by atoms with Crippen LogP contribution < -0.4 is 19.6 Å². The van der Waals surface area contributed by atoms with Crippen molar-refractivity contribution in [2.45, 2.75) is 6.92 Å². The maximum absolute atomic E-state index is 12.2. The van der Waals surface area contributed by atoms with Gasteiger partial charge >= 0.3 is 5.97 Å². The SMILES string of the molecule is COc1cc(C=NNC(=O)COc2ccccc2C)ccc1OC(=O)c1ccccc1. The average Bonchev–Trinajstić information content (AvgIpc) is 2.80. The summed E-state index contributed by atoms with van der Waals surface area (Å²) >= 11 is 0. The van der Waals surface area contributed by atoms with Crippen molar-refractivity contribution in [3.05, 3.63) is 89.5 Å². The molecule has 1 N–H and O–H groups in total. The van der Waals surface area contributed by atoms with Gasteiger partial charge in [-0.2, -0.15) is 5.10 Å². The van der Waals surface area contributed by atoms with Gasteiger partial charge in [0, 0.05) is 0 Å². The highest BCUT2D eigenvalue weighted by atomic mass is 16.6. The number of nitrogens with zero attached hydrogens (tertiary/aromatic N) is 1. The summed E-state index contributed by atoms with van der Waals surface area (Å²) in [7, 11) is 1.47. The van der Waals surface area contributed by atoms with Crippen molar-refractivity contribution >= 4 is 18.1 Å². The highest BCUT2D eigenvalue weighted by molar-refractivity contribution is 5.91. The van der Waals surface area contributed by atoms with Gasteiger partial charge in [-0.1, -0.05) is 36.4 Å². The molecular weight excluding hydrogens is 396 g/mol. The molecule has 7 heteroatoms. The molecule has 0 atom stereocenters. The Kier molecular flexibility index (Phi) is 7.37. The van der Waals surface area contributed by atoms with Crippen LogP contribution in [0.5, 0.6) is 17.2 Å². The fraction of sp³-hybridized carbons (Fsp3) is 0.125. The van der Waals surface area contributed by atoms with Crippen LogP contribution >= 0.6 is 0 Å². The van der Waals surface area contributed by atoms with Crippen molar-refractivity contribution in [2.24, 2.45) is 5.10 Å². The summed E-state index contributed by atoms with van der Waals surface area (Å²) in [5.74, 6) is 0.416. The topological polar surface area (TPSA) is 86.2 Å². The standard InChI is InChI=1S/C24H22N2O5/c1-17-8-6-7-11-20(17)30-16-23(27)26-25-15-18-12-13-21(22(14-18)29-2)31-24(28)19-9-4-3-5-10-19/h3-15H,16H2,1-2H3,(H,26,27). The van der Waals surface area contributed by atoms with Crippen molar-refractivity contribution in [3.8, 4) is 17.2 Å². The molecule has 31 heavy (non-hydrogen) atoms. The lowest BCUT2D eigenvalue weighted by atomic mass is 10.2. The number of amides is 1. The predicted octanol–water partition coefficient (Wildman–Crippen LogP) is 3.75. The third-order valence-electron chi connectivity index (χ3n) is 4.26. The van der Waals surface area contributed by atoms with Crippen LogP contribution in [0, 0.1) is 6.92 Å². The Balaban J connectivity index is 1.56. The summed E-state index contributed by atoms with van der Waals surface area (Å²) in [6.45, 7) is 1.75. The van der Waals surface area contributed by atoms with Gasteiger partial charge in [0.1, 0.15) is 5.75 Å². The molecule has 0 spiro atoms. The van der Waals surface area contributed by atoms with Gasteiger partial charge in [-0.25, -0.2) is 10.2 Å². The summed E-state index contributed by atoms with van der Waals surface area (Å²) in [5, 5.41) is 3.92. The summed E-state index contributed by atoms with van der Waals surface area (Å²) < 4.78 is 16.2. The minimum absolute atomic E-state index is 0.153. The van der Waals surface area contributed by atoms with E-state index >= 15 is 0 Å². The fourth-order valence-electron chi connectivity index (χ4n) is 2.65. The van der Waals surface area contributed by atoms with E-state index in [9.17, 15) is 9.59 Å². The third-order valence-corrected chi connectivity index (χ3v) is 4.26. The van der Waals surface area contributed by atoms with Crippen LogP contribution in [-0.4, -0.2) is 31.8 Å². The van der Waals surface area contributed by atoms with Gasteiger partial charge in [-0.3, -0.25) is 4.79 Å². The zero-order valence-electron chi connectivity index (χ0n) is 17.2. The van der Waals surface area contributed by atoms with E-state index in [0.29, 0.717) is 22.6 Å². The molecule has 1 amide bonds. The molecule has 0 aliphatic carbocycles. The molecule has 0 aliphatic rings. The van der Waals surface area contributed by atoms with E-state index in [1.807, 2.05) is 31.2 Å². The number of nitrogens with one attached hydrogen (secondary N) is 1. The Bertz CT molecular complexity index is 1080. The number of para-hydroxylation sites is 1. The number of rotatable bonds is 8.